The van der Waals surface area contributed by atoms with Gasteiger partial charge in [-0.05, 0) is 25.5 Å². The summed E-state index contributed by atoms with van der Waals surface area (Å²) in [7, 11) is 0. The molecule has 0 unspecified atom stereocenters. The van der Waals surface area contributed by atoms with Gasteiger partial charge in [-0.2, -0.15) is 18.4 Å². The Morgan fingerprint density at radius 2 is 2.15 bits per heavy atom. The zero-order chi connectivity index (χ0) is 15.3. The van der Waals surface area contributed by atoms with Crippen molar-refractivity contribution in [3.05, 3.63) is 23.8 Å². The van der Waals surface area contributed by atoms with Crippen LogP contribution in [-0.4, -0.2) is 18.2 Å². The van der Waals surface area contributed by atoms with Crippen molar-refractivity contribution in [1.82, 2.24) is 0 Å². The van der Waals surface area contributed by atoms with E-state index in [9.17, 15) is 18.0 Å². The lowest BCUT2D eigenvalue weighted by Gasteiger charge is -2.14. The largest absolute Gasteiger partial charge is 0.491 e. The van der Waals surface area contributed by atoms with Gasteiger partial charge < -0.3 is 10.1 Å². The molecule has 0 spiro atoms. The van der Waals surface area contributed by atoms with Gasteiger partial charge in [-0.25, -0.2) is 0 Å². The van der Waals surface area contributed by atoms with Crippen molar-refractivity contribution in [3.8, 4) is 11.8 Å². The summed E-state index contributed by atoms with van der Waals surface area (Å²) in [6, 6.07) is 5.62. The number of anilines is 1. The lowest BCUT2D eigenvalue weighted by Crippen LogP contribution is -2.30. The van der Waals surface area contributed by atoms with E-state index in [2.05, 4.69) is 0 Å². The van der Waals surface area contributed by atoms with Gasteiger partial charge >= 0.3 is 12.1 Å². The van der Waals surface area contributed by atoms with Gasteiger partial charge in [0.05, 0.1) is 17.4 Å². The lowest BCUT2D eigenvalue weighted by molar-refractivity contribution is -0.167. The van der Waals surface area contributed by atoms with Crippen LogP contribution in [0.2, 0.25) is 0 Å². The van der Waals surface area contributed by atoms with Crippen molar-refractivity contribution in [3.63, 3.8) is 0 Å². The first-order valence-corrected chi connectivity index (χ1v) is 5.87. The Balaban J connectivity index is 2.95. The maximum absolute atomic E-state index is 12.1. The topological polar surface area (TPSA) is 62.1 Å². The molecular weight excluding hydrogens is 273 g/mol. The van der Waals surface area contributed by atoms with Gasteiger partial charge in [-0.15, -0.1) is 0 Å². The van der Waals surface area contributed by atoms with Crippen LogP contribution in [0.3, 0.4) is 0 Å². The summed E-state index contributed by atoms with van der Waals surface area (Å²) in [6.07, 6.45) is -4.34. The molecule has 1 aromatic carbocycles. The first kappa shape index (κ1) is 15.8. The van der Waals surface area contributed by atoms with Crippen molar-refractivity contribution in [1.29, 1.82) is 5.26 Å². The Bertz CT molecular complexity index is 535. The third kappa shape index (κ3) is 4.16. The molecule has 108 valence electrons. The third-order valence-corrected chi connectivity index (χ3v) is 2.53. The van der Waals surface area contributed by atoms with Crippen molar-refractivity contribution < 1.29 is 22.7 Å². The van der Waals surface area contributed by atoms with Crippen LogP contribution in [-0.2, 0) is 4.79 Å². The SMILES string of the molecule is CC[C@@H](C)Oc1ccc(NC(=O)C(F)(F)F)c(C#N)c1. The summed E-state index contributed by atoms with van der Waals surface area (Å²) in [5.41, 5.74) is -0.297. The van der Waals surface area contributed by atoms with E-state index in [0.29, 0.717) is 5.75 Å². The number of nitrogens with zero attached hydrogens (tertiary/aromatic N) is 1. The predicted octanol–water partition coefficient (Wildman–Crippen LogP) is 3.24. The predicted molar refractivity (Wildman–Crippen MR) is 66.2 cm³/mol. The number of benzene rings is 1. The number of nitrogens with one attached hydrogen (secondary N) is 1. The van der Waals surface area contributed by atoms with Crippen molar-refractivity contribution in [2.75, 3.05) is 5.32 Å². The van der Waals surface area contributed by atoms with Crippen LogP contribution >= 0.6 is 0 Å². The molecule has 0 bridgehead atoms. The van der Waals surface area contributed by atoms with Gasteiger partial charge in [0.25, 0.3) is 0 Å². The van der Waals surface area contributed by atoms with Crippen LogP contribution < -0.4 is 10.1 Å². The van der Waals surface area contributed by atoms with E-state index in [1.165, 1.54) is 18.2 Å². The molecule has 4 nitrogen and oxygen atoms in total. The second-order valence-electron chi connectivity index (χ2n) is 4.11. The molecular formula is C13H13F3N2O2. The fourth-order valence-electron chi connectivity index (χ4n) is 1.31. The molecule has 0 aliphatic heterocycles. The molecule has 0 saturated heterocycles. The Hall–Kier alpha value is -2.23. The molecule has 1 atom stereocenters. The van der Waals surface area contributed by atoms with E-state index in [0.717, 1.165) is 6.42 Å². The number of carbonyl (C=O) groups excluding carboxylic acids is 1. The molecule has 0 saturated carbocycles. The van der Waals surface area contributed by atoms with Gasteiger partial charge in [0.1, 0.15) is 11.8 Å². The quantitative estimate of drug-likeness (QED) is 0.924. The summed E-state index contributed by atoms with van der Waals surface area (Å²) in [6.45, 7) is 3.74. The number of alkyl halides is 3. The van der Waals surface area contributed by atoms with Gasteiger partial charge in [0.2, 0.25) is 0 Å². The molecule has 0 aromatic heterocycles. The molecule has 20 heavy (non-hydrogen) atoms. The fourth-order valence-corrected chi connectivity index (χ4v) is 1.31. The summed E-state index contributed by atoms with van der Waals surface area (Å²) in [5.74, 6) is -1.76. The first-order valence-electron chi connectivity index (χ1n) is 5.87. The highest BCUT2D eigenvalue weighted by atomic mass is 19.4. The molecule has 1 rings (SSSR count). The Kier molecular flexibility index (Phi) is 4.97. The monoisotopic (exact) mass is 286 g/mol. The summed E-state index contributed by atoms with van der Waals surface area (Å²) >= 11 is 0. The number of hydrogen-bond donors (Lipinski definition) is 1. The molecule has 1 amide bonds. The minimum Gasteiger partial charge on any atom is -0.491 e. The summed E-state index contributed by atoms with van der Waals surface area (Å²) < 4.78 is 41.9. The van der Waals surface area contributed by atoms with Gasteiger partial charge in [-0.1, -0.05) is 6.92 Å². The van der Waals surface area contributed by atoms with Crippen molar-refractivity contribution in [2.24, 2.45) is 0 Å². The van der Waals surface area contributed by atoms with E-state index < -0.39 is 12.1 Å². The molecule has 0 heterocycles. The van der Waals surface area contributed by atoms with Crippen LogP contribution in [0.1, 0.15) is 25.8 Å². The second-order valence-corrected chi connectivity index (χ2v) is 4.11. The zero-order valence-corrected chi connectivity index (χ0v) is 10.9. The molecule has 1 N–H and O–H groups in total. The first-order chi connectivity index (χ1) is 9.27. The molecule has 0 fully saturated rings. The highest BCUT2D eigenvalue weighted by Gasteiger charge is 2.39. The van der Waals surface area contributed by atoms with Crippen molar-refractivity contribution >= 4 is 11.6 Å². The van der Waals surface area contributed by atoms with Crippen LogP contribution in [0.15, 0.2) is 18.2 Å². The van der Waals surface area contributed by atoms with E-state index in [-0.39, 0.29) is 17.4 Å². The lowest BCUT2D eigenvalue weighted by atomic mass is 10.1. The summed E-state index contributed by atoms with van der Waals surface area (Å²) in [4.78, 5) is 10.8. The molecule has 0 radical (unpaired) electrons. The number of halogens is 3. The van der Waals surface area contributed by atoms with Crippen LogP contribution in [0.4, 0.5) is 18.9 Å². The smallest absolute Gasteiger partial charge is 0.471 e. The molecule has 0 aliphatic rings. The average molecular weight is 286 g/mol. The highest BCUT2D eigenvalue weighted by molar-refractivity contribution is 5.96. The molecule has 7 heteroatoms. The van der Waals surface area contributed by atoms with Crippen LogP contribution in [0, 0.1) is 11.3 Å². The van der Waals surface area contributed by atoms with E-state index in [4.69, 9.17) is 10.00 Å². The summed E-state index contributed by atoms with van der Waals surface area (Å²) in [5, 5.41) is 10.6. The zero-order valence-electron chi connectivity index (χ0n) is 10.9. The van der Waals surface area contributed by atoms with E-state index in [1.807, 2.05) is 13.8 Å². The van der Waals surface area contributed by atoms with Crippen molar-refractivity contribution in [2.45, 2.75) is 32.5 Å². The number of amides is 1. The molecule has 1 aromatic rings. The molecule has 0 aliphatic carbocycles. The number of hydrogen-bond acceptors (Lipinski definition) is 3. The Morgan fingerprint density at radius 1 is 1.50 bits per heavy atom. The van der Waals surface area contributed by atoms with Crippen LogP contribution in [0.25, 0.3) is 0 Å². The van der Waals surface area contributed by atoms with Gasteiger partial charge in [0, 0.05) is 6.07 Å². The number of carbonyl (C=O) groups is 1. The normalized spacial score (nSPS) is 12.4. The van der Waals surface area contributed by atoms with Gasteiger partial charge in [-0.3, -0.25) is 4.79 Å². The Labute approximate surface area is 114 Å². The maximum atomic E-state index is 12.1. The van der Waals surface area contributed by atoms with E-state index >= 15 is 0 Å². The number of nitriles is 1. The Morgan fingerprint density at radius 3 is 2.65 bits per heavy atom. The number of ether oxygens (including phenoxy) is 1. The number of rotatable bonds is 4. The second kappa shape index (κ2) is 6.28. The minimum absolute atomic E-state index is 0.0860. The highest BCUT2D eigenvalue weighted by Crippen LogP contribution is 2.25. The van der Waals surface area contributed by atoms with E-state index in [1.54, 1.807) is 11.4 Å². The maximum Gasteiger partial charge on any atom is 0.471 e. The van der Waals surface area contributed by atoms with Gasteiger partial charge in [0.15, 0.2) is 0 Å². The third-order valence-electron chi connectivity index (χ3n) is 2.53. The standard InChI is InChI=1S/C13H13F3N2O2/c1-3-8(2)20-10-4-5-11(9(6-10)7-17)18-12(19)13(14,15)16/h4-6,8H,3H2,1-2H3,(H,18,19)/t8-/m1/s1. The van der Waals surface area contributed by atoms with Crippen LogP contribution in [0.5, 0.6) is 5.75 Å². The minimum atomic E-state index is -5.00. The fraction of sp³-hybridized carbons (Fsp3) is 0.385. The average Bonchev–Trinajstić information content (AvgIpc) is 2.39.